The van der Waals surface area contributed by atoms with Crippen molar-refractivity contribution in [3.63, 3.8) is 0 Å². The lowest BCUT2D eigenvalue weighted by Gasteiger charge is -2.32. The third-order valence-corrected chi connectivity index (χ3v) is 3.21. The summed E-state index contributed by atoms with van der Waals surface area (Å²) in [5.74, 6) is 0. The standard InChI is InChI=1S/C14H19ClN2O/c1-14(2,3)13(6-7-18)17-11-5-4-10(9-16)12(15)8-11/h4-5,8,13,17-18H,6-7H2,1-3H3. The zero-order chi connectivity index (χ0) is 13.8. The highest BCUT2D eigenvalue weighted by atomic mass is 35.5. The predicted octanol–water partition coefficient (Wildman–Crippen LogP) is 3.42. The number of aliphatic hydroxyl groups excluding tert-OH is 1. The van der Waals surface area contributed by atoms with E-state index in [1.54, 1.807) is 12.1 Å². The Balaban J connectivity index is 2.88. The lowest BCUT2D eigenvalue weighted by Crippen LogP contribution is -2.34. The monoisotopic (exact) mass is 266 g/mol. The van der Waals surface area contributed by atoms with Gasteiger partial charge in [0.2, 0.25) is 0 Å². The van der Waals surface area contributed by atoms with Gasteiger partial charge in [-0.15, -0.1) is 0 Å². The number of nitriles is 1. The summed E-state index contributed by atoms with van der Waals surface area (Å²) in [5.41, 5.74) is 1.37. The normalized spacial score (nSPS) is 12.9. The molecule has 0 aliphatic rings. The zero-order valence-electron chi connectivity index (χ0n) is 11.0. The molecule has 0 bridgehead atoms. The lowest BCUT2D eigenvalue weighted by molar-refractivity contribution is 0.235. The molecule has 0 heterocycles. The molecule has 18 heavy (non-hydrogen) atoms. The van der Waals surface area contributed by atoms with E-state index in [1.165, 1.54) is 0 Å². The summed E-state index contributed by atoms with van der Waals surface area (Å²) in [6, 6.07) is 7.45. The molecule has 4 heteroatoms. The number of aliphatic hydroxyl groups is 1. The minimum absolute atomic E-state index is 0.0309. The zero-order valence-corrected chi connectivity index (χ0v) is 11.8. The van der Waals surface area contributed by atoms with Gasteiger partial charge in [-0.05, 0) is 30.0 Å². The Morgan fingerprint density at radius 2 is 2.11 bits per heavy atom. The molecule has 2 N–H and O–H groups in total. The molecule has 98 valence electrons. The second-order valence-electron chi connectivity index (χ2n) is 5.38. The van der Waals surface area contributed by atoms with Gasteiger partial charge in [-0.3, -0.25) is 0 Å². The van der Waals surface area contributed by atoms with E-state index in [0.717, 1.165) is 5.69 Å². The summed E-state index contributed by atoms with van der Waals surface area (Å²) in [5, 5.41) is 21.7. The molecule has 0 aliphatic carbocycles. The highest BCUT2D eigenvalue weighted by Gasteiger charge is 2.23. The summed E-state index contributed by atoms with van der Waals surface area (Å²) in [6.07, 6.45) is 0.668. The molecule has 3 nitrogen and oxygen atoms in total. The Kier molecular flexibility index (Phi) is 5.01. The van der Waals surface area contributed by atoms with Crippen LogP contribution in [0.3, 0.4) is 0 Å². The van der Waals surface area contributed by atoms with Crippen molar-refractivity contribution in [3.8, 4) is 6.07 Å². The highest BCUT2D eigenvalue weighted by Crippen LogP contribution is 2.27. The van der Waals surface area contributed by atoms with Gasteiger partial charge in [0.1, 0.15) is 6.07 Å². The van der Waals surface area contributed by atoms with Crippen LogP contribution in [0.5, 0.6) is 0 Å². The first-order valence-electron chi connectivity index (χ1n) is 5.95. The van der Waals surface area contributed by atoms with Gasteiger partial charge in [-0.1, -0.05) is 32.4 Å². The molecule has 0 spiro atoms. The molecule has 0 saturated carbocycles. The molecule has 0 saturated heterocycles. The maximum atomic E-state index is 9.11. The maximum Gasteiger partial charge on any atom is 0.101 e. The van der Waals surface area contributed by atoms with E-state index in [9.17, 15) is 0 Å². The number of rotatable bonds is 4. The van der Waals surface area contributed by atoms with E-state index in [1.807, 2.05) is 12.1 Å². The van der Waals surface area contributed by atoms with Crippen LogP contribution in [0.4, 0.5) is 5.69 Å². The van der Waals surface area contributed by atoms with Crippen LogP contribution in [-0.4, -0.2) is 17.8 Å². The molecule has 1 aromatic carbocycles. The topological polar surface area (TPSA) is 56.0 Å². The summed E-state index contributed by atoms with van der Waals surface area (Å²) >= 11 is 5.99. The van der Waals surface area contributed by atoms with Gasteiger partial charge in [0.15, 0.2) is 0 Å². The second-order valence-corrected chi connectivity index (χ2v) is 5.79. The minimum atomic E-state index is 0.0309. The van der Waals surface area contributed by atoms with Gasteiger partial charge in [-0.2, -0.15) is 5.26 Å². The average molecular weight is 267 g/mol. The third kappa shape index (κ3) is 3.90. The van der Waals surface area contributed by atoms with E-state index >= 15 is 0 Å². The fourth-order valence-corrected chi connectivity index (χ4v) is 1.97. The van der Waals surface area contributed by atoms with Crippen molar-refractivity contribution in [2.75, 3.05) is 11.9 Å². The van der Waals surface area contributed by atoms with Crippen LogP contribution in [0.25, 0.3) is 0 Å². The first-order valence-corrected chi connectivity index (χ1v) is 6.33. The van der Waals surface area contributed by atoms with Crippen molar-refractivity contribution in [2.24, 2.45) is 5.41 Å². The lowest BCUT2D eigenvalue weighted by atomic mass is 9.85. The van der Waals surface area contributed by atoms with Crippen molar-refractivity contribution in [2.45, 2.75) is 33.2 Å². The molecular formula is C14H19ClN2O. The van der Waals surface area contributed by atoms with Crippen molar-refractivity contribution in [1.29, 1.82) is 5.26 Å². The average Bonchev–Trinajstić information content (AvgIpc) is 2.27. The van der Waals surface area contributed by atoms with Gasteiger partial charge in [-0.25, -0.2) is 0 Å². The van der Waals surface area contributed by atoms with Crippen LogP contribution < -0.4 is 5.32 Å². The maximum absolute atomic E-state index is 9.11. The molecule has 1 rings (SSSR count). The van der Waals surface area contributed by atoms with E-state index in [0.29, 0.717) is 17.0 Å². The molecule has 0 aliphatic heterocycles. The molecule has 0 aromatic heterocycles. The fourth-order valence-electron chi connectivity index (χ4n) is 1.75. The molecular weight excluding hydrogens is 248 g/mol. The van der Waals surface area contributed by atoms with Crippen LogP contribution in [0, 0.1) is 16.7 Å². The van der Waals surface area contributed by atoms with Crippen LogP contribution in [0.2, 0.25) is 5.02 Å². The Hall–Kier alpha value is -1.24. The smallest absolute Gasteiger partial charge is 0.101 e. The number of halogens is 1. The Morgan fingerprint density at radius 3 is 2.56 bits per heavy atom. The van der Waals surface area contributed by atoms with Crippen molar-refractivity contribution in [3.05, 3.63) is 28.8 Å². The molecule has 1 atom stereocenters. The number of anilines is 1. The molecule has 1 unspecified atom stereocenters. The van der Waals surface area contributed by atoms with Crippen molar-refractivity contribution in [1.82, 2.24) is 0 Å². The van der Waals surface area contributed by atoms with Gasteiger partial charge in [0.05, 0.1) is 10.6 Å². The Morgan fingerprint density at radius 1 is 1.44 bits per heavy atom. The second kappa shape index (κ2) is 6.08. The molecule has 1 aromatic rings. The summed E-state index contributed by atoms with van der Waals surface area (Å²) < 4.78 is 0. The number of nitrogens with zero attached hydrogens (tertiary/aromatic N) is 1. The molecule has 0 fully saturated rings. The predicted molar refractivity (Wildman–Crippen MR) is 74.7 cm³/mol. The van der Waals surface area contributed by atoms with E-state index in [-0.39, 0.29) is 18.1 Å². The number of benzene rings is 1. The van der Waals surface area contributed by atoms with Crippen LogP contribution in [0.1, 0.15) is 32.8 Å². The van der Waals surface area contributed by atoms with Crippen molar-refractivity contribution < 1.29 is 5.11 Å². The van der Waals surface area contributed by atoms with E-state index in [2.05, 4.69) is 26.1 Å². The largest absolute Gasteiger partial charge is 0.396 e. The SMILES string of the molecule is CC(C)(C)C(CCO)Nc1ccc(C#N)c(Cl)c1. The number of hydrogen-bond acceptors (Lipinski definition) is 3. The Labute approximate surface area is 113 Å². The molecule has 0 radical (unpaired) electrons. The van der Waals surface area contributed by atoms with Crippen LogP contribution in [0.15, 0.2) is 18.2 Å². The van der Waals surface area contributed by atoms with Gasteiger partial charge in [0, 0.05) is 18.3 Å². The quantitative estimate of drug-likeness (QED) is 0.878. The van der Waals surface area contributed by atoms with E-state index in [4.69, 9.17) is 22.0 Å². The van der Waals surface area contributed by atoms with Gasteiger partial charge >= 0.3 is 0 Å². The summed E-state index contributed by atoms with van der Waals surface area (Å²) in [6.45, 7) is 6.49. The van der Waals surface area contributed by atoms with Crippen molar-refractivity contribution >= 4 is 17.3 Å². The number of hydrogen-bond donors (Lipinski definition) is 2. The molecule has 0 amide bonds. The van der Waals surface area contributed by atoms with E-state index < -0.39 is 0 Å². The summed E-state index contributed by atoms with van der Waals surface area (Å²) in [7, 11) is 0. The van der Waals surface area contributed by atoms with Crippen LogP contribution >= 0.6 is 11.6 Å². The van der Waals surface area contributed by atoms with Gasteiger partial charge in [0.25, 0.3) is 0 Å². The minimum Gasteiger partial charge on any atom is -0.396 e. The fraction of sp³-hybridized carbons (Fsp3) is 0.500. The highest BCUT2D eigenvalue weighted by molar-refractivity contribution is 6.32. The number of nitrogens with one attached hydrogen (secondary N) is 1. The third-order valence-electron chi connectivity index (χ3n) is 2.89. The first kappa shape index (κ1) is 14.8. The summed E-state index contributed by atoms with van der Waals surface area (Å²) in [4.78, 5) is 0. The van der Waals surface area contributed by atoms with Gasteiger partial charge < -0.3 is 10.4 Å². The Bertz CT molecular complexity index is 446. The first-order chi connectivity index (χ1) is 8.38. The van der Waals surface area contributed by atoms with Crippen LogP contribution in [-0.2, 0) is 0 Å².